The first-order chi connectivity index (χ1) is 5.90. The Morgan fingerprint density at radius 2 is 1.83 bits per heavy atom. The van der Waals surface area contributed by atoms with Crippen molar-refractivity contribution in [2.24, 2.45) is 17.8 Å². The highest BCUT2D eigenvalue weighted by Gasteiger charge is 2.40. The van der Waals surface area contributed by atoms with Crippen LogP contribution in [0, 0.1) is 17.8 Å². The molecule has 0 aromatic heterocycles. The minimum Gasteiger partial charge on any atom is -0.396 e. The van der Waals surface area contributed by atoms with Crippen molar-refractivity contribution in [1.82, 2.24) is 0 Å². The topological polar surface area (TPSA) is 29.5 Å². The first-order valence-electron chi connectivity index (χ1n) is 5.08. The van der Waals surface area contributed by atoms with Gasteiger partial charge in [0.05, 0.1) is 19.8 Å². The Morgan fingerprint density at radius 1 is 1.17 bits per heavy atom. The lowest BCUT2D eigenvalue weighted by Crippen LogP contribution is -2.30. The molecule has 0 radical (unpaired) electrons. The van der Waals surface area contributed by atoms with Crippen LogP contribution in [-0.2, 0) is 4.74 Å². The van der Waals surface area contributed by atoms with Gasteiger partial charge in [0.1, 0.15) is 0 Å². The van der Waals surface area contributed by atoms with Crippen molar-refractivity contribution in [3.05, 3.63) is 0 Å². The molecule has 70 valence electrons. The van der Waals surface area contributed by atoms with Crippen LogP contribution in [0.15, 0.2) is 0 Å². The van der Waals surface area contributed by atoms with Crippen LogP contribution >= 0.6 is 0 Å². The normalized spacial score (nSPS) is 37.8. The van der Waals surface area contributed by atoms with E-state index in [2.05, 4.69) is 0 Å². The van der Waals surface area contributed by atoms with Crippen molar-refractivity contribution in [3.63, 3.8) is 0 Å². The third-order valence-electron chi connectivity index (χ3n) is 3.18. The van der Waals surface area contributed by atoms with Crippen molar-refractivity contribution in [3.8, 4) is 0 Å². The van der Waals surface area contributed by atoms with Crippen LogP contribution < -0.4 is 0 Å². The summed E-state index contributed by atoms with van der Waals surface area (Å²) in [5.74, 6) is 2.87. The molecule has 2 heteroatoms. The van der Waals surface area contributed by atoms with E-state index in [9.17, 15) is 0 Å². The van der Waals surface area contributed by atoms with Crippen molar-refractivity contribution >= 4 is 0 Å². The highest BCUT2D eigenvalue weighted by atomic mass is 16.5. The van der Waals surface area contributed by atoms with Gasteiger partial charge in [-0.1, -0.05) is 19.3 Å². The predicted molar refractivity (Wildman–Crippen MR) is 46.8 cm³/mol. The molecule has 0 amide bonds. The second-order valence-electron chi connectivity index (χ2n) is 4.27. The van der Waals surface area contributed by atoms with Crippen LogP contribution in [0.25, 0.3) is 0 Å². The minimum atomic E-state index is 0.292. The second kappa shape index (κ2) is 3.75. The molecule has 2 unspecified atom stereocenters. The van der Waals surface area contributed by atoms with Crippen molar-refractivity contribution < 1.29 is 9.84 Å². The number of aliphatic hydroxyl groups is 1. The van der Waals surface area contributed by atoms with E-state index < -0.39 is 0 Å². The molecule has 1 aliphatic heterocycles. The van der Waals surface area contributed by atoms with Crippen LogP contribution in [0.1, 0.15) is 25.7 Å². The minimum absolute atomic E-state index is 0.292. The van der Waals surface area contributed by atoms with Crippen molar-refractivity contribution in [2.45, 2.75) is 25.7 Å². The fraction of sp³-hybridized carbons (Fsp3) is 1.00. The molecule has 12 heavy (non-hydrogen) atoms. The summed E-state index contributed by atoms with van der Waals surface area (Å²) in [5, 5.41) is 8.31. The van der Waals surface area contributed by atoms with Crippen LogP contribution in [-0.4, -0.2) is 24.9 Å². The molecule has 0 spiro atoms. The molecular weight excluding hydrogens is 152 g/mol. The molecule has 3 fully saturated rings. The van der Waals surface area contributed by atoms with Gasteiger partial charge in [0, 0.05) is 5.92 Å². The molecule has 3 aliphatic rings. The number of fused-ring (bicyclic) bond motifs is 1. The number of aliphatic hydroxyl groups excluding tert-OH is 1. The monoisotopic (exact) mass is 170 g/mol. The van der Waals surface area contributed by atoms with Gasteiger partial charge in [0.2, 0.25) is 0 Å². The first kappa shape index (κ1) is 8.52. The molecule has 0 aromatic rings. The predicted octanol–water partition coefficient (Wildman–Crippen LogP) is 1.43. The average molecular weight is 170 g/mol. The fourth-order valence-corrected chi connectivity index (χ4v) is 2.05. The first-order valence-corrected chi connectivity index (χ1v) is 5.08. The van der Waals surface area contributed by atoms with Crippen LogP contribution in [0.3, 0.4) is 0 Å². The van der Waals surface area contributed by atoms with E-state index in [4.69, 9.17) is 9.84 Å². The standard InChI is InChI=1S/C6H10.C4H8O2/c1-2-5-4-6(5)3-1;5-1-4-2-6-3-4/h5-6H,1-4H2;4-5H,1-3H2. The van der Waals surface area contributed by atoms with Crippen LogP contribution in [0.4, 0.5) is 0 Å². The summed E-state index contributed by atoms with van der Waals surface area (Å²) in [5.41, 5.74) is 0. The number of hydrogen-bond donors (Lipinski definition) is 1. The Morgan fingerprint density at radius 3 is 1.92 bits per heavy atom. The van der Waals surface area contributed by atoms with Gasteiger partial charge in [-0.05, 0) is 18.3 Å². The molecule has 2 aliphatic carbocycles. The summed E-state index contributed by atoms with van der Waals surface area (Å²) in [6.07, 6.45) is 6.24. The summed E-state index contributed by atoms with van der Waals surface area (Å²) >= 11 is 0. The lowest BCUT2D eigenvalue weighted by Gasteiger charge is -2.22. The Bertz CT molecular complexity index is 132. The average Bonchev–Trinajstić information content (AvgIpc) is 2.59. The summed E-state index contributed by atoms with van der Waals surface area (Å²) in [7, 11) is 0. The Kier molecular flexibility index (Phi) is 2.66. The lowest BCUT2D eigenvalue weighted by molar-refractivity contribution is -0.0554. The molecular formula is C10H18O2. The smallest absolute Gasteiger partial charge is 0.0538 e. The highest BCUT2D eigenvalue weighted by Crippen LogP contribution is 2.51. The SMILES string of the molecule is C1CC2CC2C1.OCC1COC1. The quantitative estimate of drug-likeness (QED) is 0.645. The third kappa shape index (κ3) is 1.99. The number of hydrogen-bond acceptors (Lipinski definition) is 2. The maximum absolute atomic E-state index is 8.31. The summed E-state index contributed by atoms with van der Waals surface area (Å²) < 4.78 is 4.77. The van der Waals surface area contributed by atoms with Crippen LogP contribution in [0.5, 0.6) is 0 Å². The van der Waals surface area contributed by atoms with Crippen molar-refractivity contribution in [2.75, 3.05) is 19.8 Å². The zero-order chi connectivity index (χ0) is 8.39. The van der Waals surface area contributed by atoms with E-state index in [0.717, 1.165) is 13.2 Å². The second-order valence-corrected chi connectivity index (χ2v) is 4.27. The summed E-state index contributed by atoms with van der Waals surface area (Å²) in [4.78, 5) is 0. The third-order valence-corrected chi connectivity index (χ3v) is 3.18. The zero-order valence-corrected chi connectivity index (χ0v) is 7.54. The van der Waals surface area contributed by atoms with Gasteiger partial charge in [0.15, 0.2) is 0 Å². The van der Waals surface area contributed by atoms with Gasteiger partial charge in [-0.3, -0.25) is 0 Å². The van der Waals surface area contributed by atoms with Gasteiger partial charge >= 0.3 is 0 Å². The van der Waals surface area contributed by atoms with Crippen LogP contribution in [0.2, 0.25) is 0 Å². The van der Waals surface area contributed by atoms with Crippen molar-refractivity contribution in [1.29, 1.82) is 0 Å². The Balaban J connectivity index is 0.0000000939. The number of ether oxygens (including phenoxy) is 1. The molecule has 0 aromatic carbocycles. The lowest BCUT2D eigenvalue weighted by atomic mass is 10.1. The van der Waals surface area contributed by atoms with Gasteiger partial charge in [-0.25, -0.2) is 0 Å². The maximum atomic E-state index is 8.31. The van der Waals surface area contributed by atoms with E-state index in [1.165, 1.54) is 18.3 Å². The molecule has 3 rings (SSSR count). The molecule has 1 N–H and O–H groups in total. The van der Waals surface area contributed by atoms with Gasteiger partial charge < -0.3 is 9.84 Å². The highest BCUT2D eigenvalue weighted by molar-refractivity contribution is 4.91. The van der Waals surface area contributed by atoms with E-state index in [0.29, 0.717) is 12.5 Å². The molecule has 1 heterocycles. The van der Waals surface area contributed by atoms with Gasteiger partial charge in [0.25, 0.3) is 0 Å². The fourth-order valence-electron chi connectivity index (χ4n) is 2.05. The largest absolute Gasteiger partial charge is 0.396 e. The van der Waals surface area contributed by atoms with Gasteiger partial charge in [-0.2, -0.15) is 0 Å². The van der Waals surface area contributed by atoms with Gasteiger partial charge in [-0.15, -0.1) is 0 Å². The molecule has 2 saturated carbocycles. The van der Waals surface area contributed by atoms with E-state index >= 15 is 0 Å². The molecule has 2 nitrogen and oxygen atoms in total. The van der Waals surface area contributed by atoms with E-state index in [1.807, 2.05) is 0 Å². The summed E-state index contributed by atoms with van der Waals surface area (Å²) in [6.45, 7) is 1.81. The summed E-state index contributed by atoms with van der Waals surface area (Å²) in [6, 6.07) is 0. The zero-order valence-electron chi connectivity index (χ0n) is 7.54. The molecule has 1 saturated heterocycles. The van der Waals surface area contributed by atoms with E-state index in [1.54, 1.807) is 19.3 Å². The Labute approximate surface area is 73.9 Å². The van der Waals surface area contributed by atoms with E-state index in [-0.39, 0.29) is 0 Å². The maximum Gasteiger partial charge on any atom is 0.0538 e. The molecule has 0 bridgehead atoms. The molecule has 2 atom stereocenters. The Hall–Kier alpha value is -0.0800. The number of rotatable bonds is 1.